The number of aryl methyl sites for hydroxylation is 1. The van der Waals surface area contributed by atoms with E-state index in [0.29, 0.717) is 18.0 Å². The highest BCUT2D eigenvalue weighted by molar-refractivity contribution is 7.89. The van der Waals surface area contributed by atoms with Crippen LogP contribution >= 0.6 is 0 Å². The van der Waals surface area contributed by atoms with Crippen molar-refractivity contribution in [2.24, 2.45) is 5.92 Å². The first-order valence-electron chi connectivity index (χ1n) is 9.10. The topological polar surface area (TPSA) is 55.8 Å². The molecule has 0 radical (unpaired) electrons. The molecule has 1 saturated heterocycles. The molecule has 1 atom stereocenters. The molecule has 1 aliphatic heterocycles. The Morgan fingerprint density at radius 1 is 1.19 bits per heavy atom. The van der Waals surface area contributed by atoms with Crippen LogP contribution in [0.2, 0.25) is 6.55 Å². The molecular weight excluding hydrogens is 378 g/mol. The molecule has 0 bridgehead atoms. The summed E-state index contributed by atoms with van der Waals surface area (Å²) in [6.07, 6.45) is 2.03. The second-order valence-corrected chi connectivity index (χ2v) is 12.5. The molecule has 0 amide bonds. The molecule has 27 heavy (non-hydrogen) atoms. The van der Waals surface area contributed by atoms with Gasteiger partial charge >= 0.3 is 8.56 Å². The van der Waals surface area contributed by atoms with E-state index in [4.69, 9.17) is 8.85 Å². The van der Waals surface area contributed by atoms with Crippen LogP contribution in [0.1, 0.15) is 26.3 Å². The van der Waals surface area contributed by atoms with Gasteiger partial charge in [0.15, 0.2) is 0 Å². The summed E-state index contributed by atoms with van der Waals surface area (Å²) in [5.41, 5.74) is 3.26. The minimum Gasteiger partial charge on any atom is -0.395 e. The lowest BCUT2D eigenvalue weighted by Gasteiger charge is -2.31. The zero-order valence-electron chi connectivity index (χ0n) is 17.4. The van der Waals surface area contributed by atoms with Crippen LogP contribution < -0.4 is 0 Å². The minimum absolute atomic E-state index is 0.0169. The van der Waals surface area contributed by atoms with Gasteiger partial charge in [0.1, 0.15) is 0 Å². The molecule has 1 fully saturated rings. The van der Waals surface area contributed by atoms with E-state index in [2.05, 4.69) is 0 Å². The van der Waals surface area contributed by atoms with E-state index >= 15 is 0 Å². The molecule has 0 saturated carbocycles. The minimum atomic E-state index is -3.55. The summed E-state index contributed by atoms with van der Waals surface area (Å²) in [5.74, 6) is -0.0169. The Morgan fingerprint density at radius 3 is 2.19 bits per heavy atom. The van der Waals surface area contributed by atoms with Crippen LogP contribution in [0.5, 0.6) is 0 Å². The maximum atomic E-state index is 13.2. The van der Waals surface area contributed by atoms with Crippen LogP contribution in [-0.2, 0) is 18.9 Å². The third kappa shape index (κ3) is 4.27. The zero-order chi connectivity index (χ0) is 20.4. The fourth-order valence-corrected chi connectivity index (χ4v) is 7.60. The second kappa shape index (κ2) is 8.41. The molecule has 5 nitrogen and oxygen atoms in total. The fraction of sp³-hybridized carbons (Fsp3) is 0.500. The molecule has 1 aromatic rings. The van der Waals surface area contributed by atoms with Crippen LogP contribution in [0.4, 0.5) is 0 Å². The summed E-state index contributed by atoms with van der Waals surface area (Å²) in [7, 11) is -2.78. The zero-order valence-corrected chi connectivity index (χ0v) is 19.2. The van der Waals surface area contributed by atoms with Crippen molar-refractivity contribution in [1.29, 1.82) is 0 Å². The number of allylic oxidation sites excluding steroid dienone is 2. The van der Waals surface area contributed by atoms with Crippen LogP contribution in [0, 0.1) is 12.8 Å². The van der Waals surface area contributed by atoms with Crippen molar-refractivity contribution in [2.75, 3.05) is 27.3 Å². The molecule has 150 valence electrons. The van der Waals surface area contributed by atoms with Crippen molar-refractivity contribution in [3.05, 3.63) is 52.2 Å². The van der Waals surface area contributed by atoms with E-state index in [-0.39, 0.29) is 5.92 Å². The molecule has 0 N–H and O–H groups in total. The van der Waals surface area contributed by atoms with Gasteiger partial charge in [-0.2, -0.15) is 4.31 Å². The van der Waals surface area contributed by atoms with Crippen molar-refractivity contribution in [3.63, 3.8) is 0 Å². The predicted molar refractivity (Wildman–Crippen MR) is 111 cm³/mol. The third-order valence-electron chi connectivity index (χ3n) is 5.38. The average molecular weight is 410 g/mol. The molecular formula is C20H31NO4SSi. The first-order chi connectivity index (χ1) is 12.6. The van der Waals surface area contributed by atoms with Crippen LogP contribution in [-0.4, -0.2) is 48.6 Å². The summed E-state index contributed by atoms with van der Waals surface area (Å²) in [6.45, 7) is 10.8. The van der Waals surface area contributed by atoms with E-state index in [1.54, 1.807) is 30.7 Å². The molecule has 1 unspecified atom stereocenters. The quantitative estimate of drug-likeness (QED) is 0.530. The monoisotopic (exact) mass is 409 g/mol. The Balaban J connectivity index is 2.45. The fourth-order valence-electron chi connectivity index (χ4n) is 3.73. The van der Waals surface area contributed by atoms with Gasteiger partial charge in [-0.05, 0) is 51.6 Å². The van der Waals surface area contributed by atoms with E-state index in [9.17, 15) is 8.42 Å². The first kappa shape index (κ1) is 22.0. The highest BCUT2D eigenvalue weighted by Gasteiger charge is 2.45. The van der Waals surface area contributed by atoms with Crippen LogP contribution in [0.15, 0.2) is 51.6 Å². The van der Waals surface area contributed by atoms with Gasteiger partial charge in [-0.1, -0.05) is 34.9 Å². The maximum absolute atomic E-state index is 13.2. The van der Waals surface area contributed by atoms with Crippen LogP contribution in [0.25, 0.3) is 0 Å². The average Bonchev–Trinajstić information content (AvgIpc) is 3.06. The van der Waals surface area contributed by atoms with E-state index in [0.717, 1.165) is 21.9 Å². The number of sulfonamides is 1. The van der Waals surface area contributed by atoms with Gasteiger partial charge in [0, 0.05) is 33.2 Å². The predicted octanol–water partition coefficient (Wildman–Crippen LogP) is 3.80. The Kier molecular flexibility index (Phi) is 6.86. The molecule has 7 heteroatoms. The van der Waals surface area contributed by atoms with Crippen molar-refractivity contribution in [2.45, 2.75) is 39.1 Å². The lowest BCUT2D eigenvalue weighted by atomic mass is 10.00. The number of benzene rings is 1. The van der Waals surface area contributed by atoms with Gasteiger partial charge < -0.3 is 8.85 Å². The lowest BCUT2D eigenvalue weighted by molar-refractivity contribution is 0.255. The molecule has 1 heterocycles. The largest absolute Gasteiger partial charge is 0.395 e. The highest BCUT2D eigenvalue weighted by Crippen LogP contribution is 2.38. The number of rotatable bonds is 6. The molecule has 1 aliphatic rings. The van der Waals surface area contributed by atoms with Crippen LogP contribution in [0.3, 0.4) is 0 Å². The van der Waals surface area contributed by atoms with Gasteiger partial charge in [0.2, 0.25) is 10.0 Å². The van der Waals surface area contributed by atoms with E-state index in [1.165, 1.54) is 0 Å². The van der Waals surface area contributed by atoms with Gasteiger partial charge in [-0.15, -0.1) is 0 Å². The van der Waals surface area contributed by atoms with Crippen molar-refractivity contribution in [3.8, 4) is 0 Å². The van der Waals surface area contributed by atoms with Crippen molar-refractivity contribution < 1.29 is 17.3 Å². The van der Waals surface area contributed by atoms with Crippen molar-refractivity contribution >= 4 is 18.6 Å². The van der Waals surface area contributed by atoms with Gasteiger partial charge in [-0.25, -0.2) is 8.42 Å². The SMILES string of the molecule is C/C=C1\CN(S(=O)(=O)c2ccc(C)cc2)CC1C(=C(C)C)[Si](C)(OC)OC. The molecule has 1 aromatic carbocycles. The number of nitrogens with zero attached hydrogens (tertiary/aromatic N) is 1. The summed E-state index contributed by atoms with van der Waals surface area (Å²) in [4.78, 5) is 0.335. The second-order valence-electron chi connectivity index (χ2n) is 7.29. The molecule has 0 aliphatic carbocycles. The van der Waals surface area contributed by atoms with Crippen molar-refractivity contribution in [1.82, 2.24) is 4.31 Å². The standard InChI is InChI=1S/C20H31NO4SSi/c1-8-17-13-21(26(22,23)18-11-9-16(4)10-12-18)14-19(17)20(15(2)3)27(7,24-5)25-6/h8-12,19H,13-14H2,1-7H3/b17-8+. The van der Waals surface area contributed by atoms with Gasteiger partial charge in [-0.3, -0.25) is 0 Å². The summed E-state index contributed by atoms with van der Waals surface area (Å²) < 4.78 is 39.5. The lowest BCUT2D eigenvalue weighted by Crippen LogP contribution is -2.43. The Morgan fingerprint density at radius 2 is 1.74 bits per heavy atom. The molecule has 2 rings (SSSR count). The highest BCUT2D eigenvalue weighted by atomic mass is 32.2. The summed E-state index contributed by atoms with van der Waals surface area (Å²) in [6, 6.07) is 7.02. The first-order valence-corrected chi connectivity index (χ1v) is 12.9. The Bertz CT molecular complexity index is 835. The van der Waals surface area contributed by atoms with E-state index < -0.39 is 18.6 Å². The Labute approximate surface area is 165 Å². The number of hydrogen-bond donors (Lipinski definition) is 0. The number of hydrogen-bond acceptors (Lipinski definition) is 4. The molecule has 0 aromatic heterocycles. The normalized spacial score (nSPS) is 20.3. The Hall–Kier alpha value is -1.25. The van der Waals surface area contributed by atoms with Gasteiger partial charge in [0.05, 0.1) is 4.90 Å². The molecule has 0 spiro atoms. The summed E-state index contributed by atoms with van der Waals surface area (Å²) in [5, 5.41) is 1.11. The van der Waals surface area contributed by atoms with E-state index in [1.807, 2.05) is 52.5 Å². The smallest absolute Gasteiger partial charge is 0.365 e. The maximum Gasteiger partial charge on any atom is 0.365 e. The summed E-state index contributed by atoms with van der Waals surface area (Å²) >= 11 is 0. The third-order valence-corrected chi connectivity index (χ3v) is 10.6. The van der Waals surface area contributed by atoms with Gasteiger partial charge in [0.25, 0.3) is 0 Å².